The van der Waals surface area contributed by atoms with Crippen LogP contribution in [-0.2, 0) is 0 Å². The predicted octanol–water partition coefficient (Wildman–Crippen LogP) is 3.65. The summed E-state index contributed by atoms with van der Waals surface area (Å²) in [6, 6.07) is 0. The molecule has 2 heterocycles. The number of hydrogen-bond acceptors (Lipinski definition) is 3. The fourth-order valence-electron chi connectivity index (χ4n) is 2.76. The summed E-state index contributed by atoms with van der Waals surface area (Å²) >= 11 is 1.59. The van der Waals surface area contributed by atoms with E-state index in [1.807, 2.05) is 17.5 Å². The van der Waals surface area contributed by atoms with Crippen molar-refractivity contribution in [1.29, 1.82) is 0 Å². The summed E-state index contributed by atoms with van der Waals surface area (Å²) in [6.07, 6.45) is 4.69. The zero-order valence-electron chi connectivity index (χ0n) is 13.1. The molecule has 0 unspecified atom stereocenters. The highest BCUT2D eigenvalue weighted by molar-refractivity contribution is 7.17. The Balaban J connectivity index is 2.13. The predicted molar refractivity (Wildman–Crippen MR) is 83.4 cm³/mol. The Morgan fingerprint density at radius 1 is 1.30 bits per heavy atom. The summed E-state index contributed by atoms with van der Waals surface area (Å²) in [7, 11) is 0. The number of amides is 1. The maximum atomic E-state index is 12.3. The number of nitrogens with zero attached hydrogens (tertiary/aromatic N) is 2. The van der Waals surface area contributed by atoms with E-state index in [9.17, 15) is 4.79 Å². The van der Waals surface area contributed by atoms with Crippen molar-refractivity contribution in [2.24, 2.45) is 5.41 Å². The molecule has 20 heavy (non-hydrogen) atoms. The number of hydrogen-bond donors (Lipinski definition) is 1. The third-order valence-electron chi connectivity index (χ3n) is 2.93. The van der Waals surface area contributed by atoms with Gasteiger partial charge in [-0.25, -0.2) is 4.98 Å². The molecule has 0 saturated carbocycles. The summed E-state index contributed by atoms with van der Waals surface area (Å²) in [5, 5.41) is 3.08. The molecule has 1 amide bonds. The summed E-state index contributed by atoms with van der Waals surface area (Å²) < 4.78 is 1.91. The Morgan fingerprint density at radius 3 is 2.50 bits per heavy atom. The molecule has 0 aliphatic heterocycles. The van der Waals surface area contributed by atoms with E-state index >= 15 is 0 Å². The summed E-state index contributed by atoms with van der Waals surface area (Å²) in [4.78, 5) is 18.7. The molecule has 2 rings (SSSR count). The molecule has 0 bridgehead atoms. The molecule has 110 valence electrons. The molecule has 1 N–H and O–H groups in total. The van der Waals surface area contributed by atoms with Gasteiger partial charge in [-0.15, -0.1) is 11.3 Å². The van der Waals surface area contributed by atoms with Crippen molar-refractivity contribution in [3.8, 4) is 0 Å². The van der Waals surface area contributed by atoms with Crippen LogP contribution in [0.5, 0.6) is 0 Å². The smallest absolute Gasteiger partial charge is 0.271 e. The SMILES string of the molecule is Cc1cn2cc(C(=O)NC(C)(C)CC(C)(C)C)nc2s1. The maximum Gasteiger partial charge on any atom is 0.271 e. The number of imidazole rings is 1. The summed E-state index contributed by atoms with van der Waals surface area (Å²) in [5.41, 5.74) is 0.406. The highest BCUT2D eigenvalue weighted by atomic mass is 32.1. The Bertz CT molecular complexity index is 600. The zero-order chi connectivity index (χ0) is 15.1. The van der Waals surface area contributed by atoms with Gasteiger partial charge in [0.1, 0.15) is 5.69 Å². The minimum atomic E-state index is -0.248. The second kappa shape index (κ2) is 4.88. The van der Waals surface area contributed by atoms with Crippen LogP contribution in [0.15, 0.2) is 12.4 Å². The summed E-state index contributed by atoms with van der Waals surface area (Å²) in [5.74, 6) is -0.104. The van der Waals surface area contributed by atoms with Crippen molar-refractivity contribution in [3.05, 3.63) is 23.0 Å². The van der Waals surface area contributed by atoms with Gasteiger partial charge in [0, 0.05) is 22.8 Å². The van der Waals surface area contributed by atoms with Crippen LogP contribution in [0.1, 0.15) is 56.4 Å². The number of aryl methyl sites for hydroxylation is 1. The Kier molecular flexibility index (Phi) is 3.67. The minimum absolute atomic E-state index is 0.104. The van der Waals surface area contributed by atoms with Gasteiger partial charge >= 0.3 is 0 Å². The molecule has 0 spiro atoms. The third kappa shape index (κ3) is 3.60. The Morgan fingerprint density at radius 2 is 1.95 bits per heavy atom. The third-order valence-corrected chi connectivity index (χ3v) is 3.84. The van der Waals surface area contributed by atoms with E-state index in [4.69, 9.17) is 0 Å². The van der Waals surface area contributed by atoms with Crippen molar-refractivity contribution in [2.45, 2.75) is 53.5 Å². The average molecular weight is 293 g/mol. The molecule has 2 aromatic rings. The van der Waals surface area contributed by atoms with Crippen LogP contribution >= 0.6 is 11.3 Å². The molecule has 0 aliphatic rings. The lowest BCUT2D eigenvalue weighted by Gasteiger charge is -2.33. The van der Waals surface area contributed by atoms with Gasteiger partial charge in [0.2, 0.25) is 0 Å². The zero-order valence-corrected chi connectivity index (χ0v) is 13.9. The first-order valence-corrected chi connectivity index (χ1v) is 7.65. The van der Waals surface area contributed by atoms with E-state index in [1.54, 1.807) is 17.5 Å². The highest BCUT2D eigenvalue weighted by Gasteiger charge is 2.28. The first kappa shape index (κ1) is 15.0. The number of nitrogens with one attached hydrogen (secondary N) is 1. The molecule has 4 nitrogen and oxygen atoms in total. The number of fused-ring (bicyclic) bond motifs is 1. The number of rotatable bonds is 3. The molecule has 0 atom stereocenters. The molecular weight excluding hydrogens is 270 g/mol. The molecule has 0 saturated heterocycles. The lowest BCUT2D eigenvalue weighted by molar-refractivity contribution is 0.0887. The average Bonchev–Trinajstić information content (AvgIpc) is 2.68. The molecular formula is C15H23N3OS. The van der Waals surface area contributed by atoms with Crippen molar-refractivity contribution in [1.82, 2.24) is 14.7 Å². The van der Waals surface area contributed by atoms with Gasteiger partial charge in [0.05, 0.1) is 0 Å². The van der Waals surface area contributed by atoms with Gasteiger partial charge in [-0.3, -0.25) is 9.20 Å². The minimum Gasteiger partial charge on any atom is -0.346 e. The number of thiazole rings is 1. The largest absolute Gasteiger partial charge is 0.346 e. The van der Waals surface area contributed by atoms with Crippen LogP contribution in [0.2, 0.25) is 0 Å². The van der Waals surface area contributed by atoms with Gasteiger partial charge in [-0.2, -0.15) is 0 Å². The molecule has 5 heteroatoms. The maximum absolute atomic E-state index is 12.3. The normalized spacial score (nSPS) is 12.9. The van der Waals surface area contributed by atoms with Crippen LogP contribution in [0.25, 0.3) is 4.96 Å². The molecule has 0 aliphatic carbocycles. The summed E-state index contributed by atoms with van der Waals surface area (Å²) in [6.45, 7) is 12.7. The van der Waals surface area contributed by atoms with E-state index in [0.29, 0.717) is 5.69 Å². The molecule has 0 aromatic carbocycles. The molecule has 0 radical (unpaired) electrons. The van der Waals surface area contributed by atoms with E-state index in [-0.39, 0.29) is 16.9 Å². The standard InChI is InChI=1S/C15H23N3OS/c1-10-7-18-8-11(16-13(18)20-10)12(19)17-15(5,6)9-14(2,3)4/h7-8H,9H2,1-6H3,(H,17,19). The fraction of sp³-hybridized carbons (Fsp3) is 0.600. The molecule has 0 fully saturated rings. The van der Waals surface area contributed by atoms with Crippen molar-refractivity contribution in [3.63, 3.8) is 0 Å². The van der Waals surface area contributed by atoms with E-state index < -0.39 is 0 Å². The van der Waals surface area contributed by atoms with Gasteiger partial charge in [0.25, 0.3) is 5.91 Å². The van der Waals surface area contributed by atoms with E-state index in [0.717, 1.165) is 11.4 Å². The lowest BCUT2D eigenvalue weighted by Crippen LogP contribution is -2.45. The number of aromatic nitrogens is 2. The topological polar surface area (TPSA) is 46.4 Å². The van der Waals surface area contributed by atoms with Crippen LogP contribution in [0, 0.1) is 12.3 Å². The second-order valence-corrected chi connectivity index (χ2v) is 8.45. The van der Waals surface area contributed by atoms with Gasteiger partial charge in [-0.05, 0) is 32.6 Å². The van der Waals surface area contributed by atoms with Crippen molar-refractivity contribution >= 4 is 22.2 Å². The quantitative estimate of drug-likeness (QED) is 0.939. The van der Waals surface area contributed by atoms with Gasteiger partial charge in [0.15, 0.2) is 4.96 Å². The van der Waals surface area contributed by atoms with Crippen molar-refractivity contribution < 1.29 is 4.79 Å². The fourth-order valence-corrected chi connectivity index (χ4v) is 3.57. The van der Waals surface area contributed by atoms with Crippen LogP contribution in [-0.4, -0.2) is 20.8 Å². The number of carbonyl (C=O) groups is 1. The first-order valence-electron chi connectivity index (χ1n) is 6.83. The Labute approximate surface area is 124 Å². The Hall–Kier alpha value is -1.36. The second-order valence-electron chi connectivity index (χ2n) is 7.23. The van der Waals surface area contributed by atoms with Gasteiger partial charge in [-0.1, -0.05) is 20.8 Å². The van der Waals surface area contributed by atoms with Crippen molar-refractivity contribution in [2.75, 3.05) is 0 Å². The molecule has 2 aromatic heterocycles. The van der Waals surface area contributed by atoms with Gasteiger partial charge < -0.3 is 5.32 Å². The van der Waals surface area contributed by atoms with E-state index in [1.165, 1.54) is 4.88 Å². The monoisotopic (exact) mass is 293 g/mol. The van der Waals surface area contributed by atoms with Crippen LogP contribution in [0.4, 0.5) is 0 Å². The first-order chi connectivity index (χ1) is 9.06. The lowest BCUT2D eigenvalue weighted by atomic mass is 9.82. The van der Waals surface area contributed by atoms with Crippen LogP contribution < -0.4 is 5.32 Å². The van der Waals surface area contributed by atoms with E-state index in [2.05, 4.69) is 44.9 Å². The highest BCUT2D eigenvalue weighted by Crippen LogP contribution is 2.27. The van der Waals surface area contributed by atoms with Crippen LogP contribution in [0.3, 0.4) is 0 Å². The number of carbonyl (C=O) groups excluding carboxylic acids is 1.